The lowest BCUT2D eigenvalue weighted by Gasteiger charge is -2.00. The topological polar surface area (TPSA) is 30.7 Å². The molecule has 1 aromatic rings. The minimum Gasteiger partial charge on any atom is -0.249 e. The van der Waals surface area contributed by atoms with E-state index < -0.39 is 0 Å². The van der Waals surface area contributed by atoms with Crippen molar-refractivity contribution in [1.82, 2.24) is 15.0 Å². The Balaban J connectivity index is 2.85. The molecule has 1 rings (SSSR count). The van der Waals surface area contributed by atoms with Gasteiger partial charge in [0.15, 0.2) is 0 Å². The van der Waals surface area contributed by atoms with E-state index in [0.717, 1.165) is 9.09 Å². The zero-order valence-electron chi connectivity index (χ0n) is 6.83. The summed E-state index contributed by atoms with van der Waals surface area (Å²) in [5.41, 5.74) is 0.840. The van der Waals surface area contributed by atoms with Crippen LogP contribution in [-0.4, -0.2) is 15.0 Å². The summed E-state index contributed by atoms with van der Waals surface area (Å²) in [6, 6.07) is 0.355. The molecule has 0 N–H and O–H groups in total. The lowest BCUT2D eigenvalue weighted by Crippen LogP contribution is -2.00. The second-order valence-corrected chi connectivity index (χ2v) is 5.42. The zero-order valence-corrected chi connectivity index (χ0v) is 10.0. The second-order valence-electron chi connectivity index (χ2n) is 2.65. The summed E-state index contributed by atoms with van der Waals surface area (Å²) in [6.45, 7) is 4.12. The molecule has 0 amide bonds. The predicted molar refractivity (Wildman–Crippen MR) is 56.2 cm³/mol. The number of nitrogens with zero attached hydrogens (tertiary/aromatic N) is 3. The Bertz CT molecular complexity index is 287. The lowest BCUT2D eigenvalue weighted by atomic mass is 10.4. The Morgan fingerprint density at radius 3 is 2.67 bits per heavy atom. The van der Waals surface area contributed by atoms with Crippen molar-refractivity contribution in [3.05, 3.63) is 15.3 Å². The van der Waals surface area contributed by atoms with Crippen LogP contribution in [0.15, 0.2) is 9.59 Å². The molecule has 0 bridgehead atoms. The smallest absolute Gasteiger partial charge is 0.107 e. The molecule has 0 unspecified atom stereocenters. The van der Waals surface area contributed by atoms with E-state index in [1.807, 2.05) is 17.0 Å². The largest absolute Gasteiger partial charge is 0.249 e. The third kappa shape index (κ3) is 2.71. The van der Waals surface area contributed by atoms with Gasteiger partial charge in [0.2, 0.25) is 0 Å². The van der Waals surface area contributed by atoms with E-state index in [0.29, 0.717) is 6.04 Å². The highest BCUT2D eigenvalue weighted by Gasteiger charge is 2.00. The van der Waals surface area contributed by atoms with Crippen molar-refractivity contribution in [2.45, 2.75) is 19.9 Å². The van der Waals surface area contributed by atoms with Crippen LogP contribution in [0.25, 0.3) is 6.08 Å². The molecule has 0 aromatic carbocycles. The van der Waals surface area contributed by atoms with Crippen LogP contribution >= 0.6 is 31.9 Å². The molecule has 0 aliphatic rings. The monoisotopic (exact) mass is 293 g/mol. The highest BCUT2D eigenvalue weighted by molar-refractivity contribution is 9.28. The molecule has 12 heavy (non-hydrogen) atoms. The fourth-order valence-corrected chi connectivity index (χ4v) is 1.19. The van der Waals surface area contributed by atoms with Gasteiger partial charge in [-0.3, -0.25) is 0 Å². The Labute approximate surface area is 88.1 Å². The van der Waals surface area contributed by atoms with Crippen molar-refractivity contribution in [2.24, 2.45) is 0 Å². The molecule has 1 aromatic heterocycles. The SMILES string of the molecule is CC(C)n1cc(C=C(Br)Br)nn1. The molecule has 0 saturated carbocycles. The van der Waals surface area contributed by atoms with Crippen LogP contribution in [0, 0.1) is 0 Å². The molecule has 0 atom stereocenters. The molecule has 66 valence electrons. The van der Waals surface area contributed by atoms with Crippen LogP contribution in [-0.2, 0) is 0 Å². The molecule has 3 nitrogen and oxygen atoms in total. The van der Waals surface area contributed by atoms with Crippen LogP contribution < -0.4 is 0 Å². The van der Waals surface area contributed by atoms with Crippen molar-refractivity contribution in [1.29, 1.82) is 0 Å². The van der Waals surface area contributed by atoms with Gasteiger partial charge in [-0.2, -0.15) is 0 Å². The number of halogens is 2. The van der Waals surface area contributed by atoms with Crippen molar-refractivity contribution in [3.8, 4) is 0 Å². The summed E-state index contributed by atoms with van der Waals surface area (Å²) in [6.07, 6.45) is 3.75. The maximum atomic E-state index is 3.95. The quantitative estimate of drug-likeness (QED) is 0.840. The Hall–Kier alpha value is -0.160. The van der Waals surface area contributed by atoms with Gasteiger partial charge in [-0.05, 0) is 51.8 Å². The van der Waals surface area contributed by atoms with E-state index >= 15 is 0 Å². The summed E-state index contributed by atoms with van der Waals surface area (Å²) >= 11 is 6.52. The molecule has 0 aliphatic carbocycles. The maximum Gasteiger partial charge on any atom is 0.107 e. The number of hydrogen-bond acceptors (Lipinski definition) is 2. The highest BCUT2D eigenvalue weighted by atomic mass is 79.9. The Morgan fingerprint density at radius 1 is 1.58 bits per heavy atom. The fourth-order valence-electron chi connectivity index (χ4n) is 0.721. The van der Waals surface area contributed by atoms with Crippen LogP contribution in [0.5, 0.6) is 0 Å². The summed E-state index contributed by atoms with van der Waals surface area (Å²) in [4.78, 5) is 0. The maximum absolute atomic E-state index is 3.95. The van der Waals surface area contributed by atoms with Gasteiger partial charge >= 0.3 is 0 Å². The second kappa shape index (κ2) is 4.18. The van der Waals surface area contributed by atoms with Crippen LogP contribution in [0.4, 0.5) is 0 Å². The Morgan fingerprint density at radius 2 is 2.25 bits per heavy atom. The van der Waals surface area contributed by atoms with Gasteiger partial charge in [0.05, 0.1) is 9.59 Å². The van der Waals surface area contributed by atoms with Gasteiger partial charge in [-0.25, -0.2) is 4.68 Å². The molecule has 0 saturated heterocycles. The standard InChI is InChI=1S/C7H9Br2N3/c1-5(2)12-4-6(10-11-12)3-7(8)9/h3-5H,1-2H3. The van der Waals surface area contributed by atoms with Crippen LogP contribution in [0.2, 0.25) is 0 Å². The first-order valence-corrected chi connectivity index (χ1v) is 5.12. The van der Waals surface area contributed by atoms with Gasteiger partial charge < -0.3 is 0 Å². The normalized spacial score (nSPS) is 10.4. The summed E-state index contributed by atoms with van der Waals surface area (Å²) < 4.78 is 2.68. The minimum atomic E-state index is 0.355. The van der Waals surface area contributed by atoms with Crippen molar-refractivity contribution >= 4 is 37.9 Å². The average Bonchev–Trinajstić information content (AvgIpc) is 2.34. The third-order valence-corrected chi connectivity index (χ3v) is 1.77. The average molecular weight is 295 g/mol. The molecule has 0 aliphatic heterocycles. The molecular formula is C7H9Br2N3. The first-order chi connectivity index (χ1) is 5.59. The van der Waals surface area contributed by atoms with Crippen LogP contribution in [0.3, 0.4) is 0 Å². The molecule has 1 heterocycles. The summed E-state index contributed by atoms with van der Waals surface area (Å²) in [7, 11) is 0. The Kier molecular flexibility index (Phi) is 3.46. The van der Waals surface area contributed by atoms with E-state index in [9.17, 15) is 0 Å². The van der Waals surface area contributed by atoms with Gasteiger partial charge in [0.25, 0.3) is 0 Å². The highest BCUT2D eigenvalue weighted by Crippen LogP contribution is 2.16. The molecule has 5 heteroatoms. The molecular weight excluding hydrogens is 286 g/mol. The summed E-state index contributed by atoms with van der Waals surface area (Å²) in [5, 5.41) is 7.90. The number of hydrogen-bond donors (Lipinski definition) is 0. The van der Waals surface area contributed by atoms with E-state index in [1.165, 1.54) is 0 Å². The first-order valence-electron chi connectivity index (χ1n) is 3.54. The van der Waals surface area contributed by atoms with Gasteiger partial charge in [-0.15, -0.1) is 5.10 Å². The van der Waals surface area contributed by atoms with Gasteiger partial charge in [0, 0.05) is 6.04 Å². The first kappa shape index (κ1) is 9.92. The van der Waals surface area contributed by atoms with Crippen molar-refractivity contribution in [3.63, 3.8) is 0 Å². The van der Waals surface area contributed by atoms with Crippen molar-refractivity contribution in [2.75, 3.05) is 0 Å². The minimum absolute atomic E-state index is 0.355. The van der Waals surface area contributed by atoms with E-state index in [4.69, 9.17) is 0 Å². The van der Waals surface area contributed by atoms with Crippen molar-refractivity contribution < 1.29 is 0 Å². The molecule has 0 fully saturated rings. The molecule has 0 radical (unpaired) electrons. The zero-order chi connectivity index (χ0) is 9.14. The van der Waals surface area contributed by atoms with Gasteiger partial charge in [0.1, 0.15) is 5.69 Å². The third-order valence-electron chi connectivity index (χ3n) is 1.31. The predicted octanol–water partition coefficient (Wildman–Crippen LogP) is 2.95. The number of aromatic nitrogens is 3. The number of rotatable bonds is 2. The lowest BCUT2D eigenvalue weighted by molar-refractivity contribution is 0.514. The van der Waals surface area contributed by atoms with E-state index in [2.05, 4.69) is 56.0 Å². The molecule has 0 spiro atoms. The van der Waals surface area contributed by atoms with Crippen LogP contribution in [0.1, 0.15) is 25.6 Å². The van der Waals surface area contributed by atoms with Gasteiger partial charge in [-0.1, -0.05) is 5.21 Å². The van der Waals surface area contributed by atoms with E-state index in [1.54, 1.807) is 0 Å². The van der Waals surface area contributed by atoms with E-state index in [-0.39, 0.29) is 0 Å². The summed E-state index contributed by atoms with van der Waals surface area (Å²) in [5.74, 6) is 0. The fraction of sp³-hybridized carbons (Fsp3) is 0.429.